The van der Waals surface area contributed by atoms with Gasteiger partial charge in [-0.3, -0.25) is 14.4 Å². The smallest absolute Gasteiger partial charge is 0.303 e. The Morgan fingerprint density at radius 2 is 0.500 bits per heavy atom. The Kier molecular flexibility index (Phi) is 59.1. The zero-order valence-electron chi connectivity index (χ0n) is 39.5. The Balaban J connectivity index is -0.000000812. The molecule has 0 aliphatic rings. The van der Waals surface area contributed by atoms with Gasteiger partial charge in [-0.2, -0.15) is 0 Å². The van der Waals surface area contributed by atoms with Gasteiger partial charge in [-0.05, 0) is 103 Å². The van der Waals surface area contributed by atoms with E-state index in [1.54, 1.807) is 0 Å². The summed E-state index contributed by atoms with van der Waals surface area (Å²) in [6, 6.07) is 0. The molecule has 0 saturated heterocycles. The maximum atomic E-state index is 10.3. The number of carboxylic acids is 3. The molecule has 0 spiro atoms. The molecule has 3 N–H and O–H groups in total. The summed E-state index contributed by atoms with van der Waals surface area (Å²) >= 11 is 0. The lowest BCUT2D eigenvalue weighted by Crippen LogP contribution is -1.93. The fraction of sp³-hybridized carbons (Fsp3) is 0.722. The van der Waals surface area contributed by atoms with Crippen LogP contribution in [0.3, 0.4) is 0 Å². The van der Waals surface area contributed by atoms with Gasteiger partial charge < -0.3 is 15.3 Å². The van der Waals surface area contributed by atoms with Gasteiger partial charge in [-0.25, -0.2) is 0 Å². The maximum absolute atomic E-state index is 10.3. The third-order valence-electron chi connectivity index (χ3n) is 10.1. The van der Waals surface area contributed by atoms with E-state index < -0.39 is 17.9 Å². The van der Waals surface area contributed by atoms with Gasteiger partial charge in [0.05, 0.1) is 0 Å². The maximum Gasteiger partial charge on any atom is 0.303 e. The van der Waals surface area contributed by atoms with Crippen LogP contribution < -0.4 is 0 Å². The molecule has 0 aliphatic heterocycles. The standard InChI is InChI=1S/3C18H32O2/c3*1-2-3-4-5-6-7-8-9-10-11-12-13-14-15-16-17-18(19)20/h7-10H,2-6,11-17H2,1H3,(H,19,20);6-7,9-10H,2-5,8,11-17H2,1H3,(H,19,20);6-9H,2-5,10-17H2,1H3,(H,19,20)/b8-7+,10-9-;7-6-,10-9-;7-6-,9-8+. The molecule has 0 atom stereocenters. The van der Waals surface area contributed by atoms with Gasteiger partial charge in [0.15, 0.2) is 0 Å². The van der Waals surface area contributed by atoms with Crippen LogP contribution in [0, 0.1) is 0 Å². The molecular formula is C54H96O6. The van der Waals surface area contributed by atoms with Crippen LogP contribution in [0.2, 0.25) is 0 Å². The fourth-order valence-electron chi connectivity index (χ4n) is 6.30. The van der Waals surface area contributed by atoms with Crippen LogP contribution in [-0.2, 0) is 14.4 Å². The molecule has 0 heterocycles. The first kappa shape index (κ1) is 61.2. The van der Waals surface area contributed by atoms with Crippen LogP contribution in [-0.4, -0.2) is 33.2 Å². The van der Waals surface area contributed by atoms with Gasteiger partial charge in [-0.15, -0.1) is 0 Å². The summed E-state index contributed by atoms with van der Waals surface area (Å²) in [6.07, 6.45) is 66.8. The van der Waals surface area contributed by atoms with Crippen molar-refractivity contribution in [1.29, 1.82) is 0 Å². The van der Waals surface area contributed by atoms with Crippen LogP contribution >= 0.6 is 0 Å². The molecule has 0 saturated carbocycles. The second-order valence-electron chi connectivity index (χ2n) is 16.2. The lowest BCUT2D eigenvalue weighted by atomic mass is 10.1. The Morgan fingerprint density at radius 1 is 0.283 bits per heavy atom. The number of carboxylic acid groups (broad SMARTS) is 3. The summed E-state index contributed by atoms with van der Waals surface area (Å²) in [5, 5.41) is 25.5. The number of allylic oxidation sites excluding steroid dienone is 12. The van der Waals surface area contributed by atoms with Gasteiger partial charge in [0.25, 0.3) is 0 Å². The highest BCUT2D eigenvalue weighted by Gasteiger charge is 1.98. The summed E-state index contributed by atoms with van der Waals surface area (Å²) in [4.78, 5) is 31.0. The van der Waals surface area contributed by atoms with Gasteiger partial charge in [-0.1, -0.05) is 203 Å². The molecule has 60 heavy (non-hydrogen) atoms. The van der Waals surface area contributed by atoms with Crippen LogP contribution in [0.5, 0.6) is 0 Å². The van der Waals surface area contributed by atoms with Gasteiger partial charge in [0, 0.05) is 19.3 Å². The molecule has 0 unspecified atom stereocenters. The molecule has 0 radical (unpaired) electrons. The Hall–Kier alpha value is -3.15. The third kappa shape index (κ3) is 69.5. The van der Waals surface area contributed by atoms with E-state index in [4.69, 9.17) is 15.3 Å². The number of hydrogen-bond donors (Lipinski definition) is 3. The summed E-state index contributed by atoms with van der Waals surface area (Å²) in [5.74, 6) is -2.01. The molecule has 0 aromatic heterocycles. The number of rotatable bonds is 42. The van der Waals surface area contributed by atoms with Crippen LogP contribution in [0.15, 0.2) is 72.9 Å². The normalized spacial score (nSPS) is 11.7. The van der Waals surface area contributed by atoms with E-state index in [-0.39, 0.29) is 0 Å². The topological polar surface area (TPSA) is 112 Å². The molecule has 0 fully saturated rings. The van der Waals surface area contributed by atoms with Crippen molar-refractivity contribution in [3.05, 3.63) is 72.9 Å². The molecule has 6 nitrogen and oxygen atoms in total. The first-order chi connectivity index (χ1) is 29.3. The van der Waals surface area contributed by atoms with Gasteiger partial charge >= 0.3 is 17.9 Å². The van der Waals surface area contributed by atoms with Crippen molar-refractivity contribution in [2.24, 2.45) is 0 Å². The van der Waals surface area contributed by atoms with Gasteiger partial charge in [0.1, 0.15) is 0 Å². The van der Waals surface area contributed by atoms with Crippen molar-refractivity contribution in [1.82, 2.24) is 0 Å². The Morgan fingerprint density at radius 3 is 0.783 bits per heavy atom. The predicted molar refractivity (Wildman–Crippen MR) is 261 cm³/mol. The Bertz CT molecular complexity index is 1070. The summed E-state index contributed by atoms with van der Waals surface area (Å²) in [5.41, 5.74) is 0. The van der Waals surface area contributed by atoms with Crippen molar-refractivity contribution in [2.75, 3.05) is 0 Å². The second-order valence-corrected chi connectivity index (χ2v) is 16.2. The lowest BCUT2D eigenvalue weighted by molar-refractivity contribution is -0.138. The van der Waals surface area contributed by atoms with E-state index in [2.05, 4.69) is 93.7 Å². The summed E-state index contributed by atoms with van der Waals surface area (Å²) in [6.45, 7) is 6.71. The highest BCUT2D eigenvalue weighted by atomic mass is 16.4. The molecule has 0 bridgehead atoms. The number of aliphatic carboxylic acids is 3. The van der Waals surface area contributed by atoms with E-state index in [1.807, 2.05) is 0 Å². The first-order valence-corrected chi connectivity index (χ1v) is 24.9. The Labute approximate surface area is 371 Å². The molecule has 0 aromatic rings. The average Bonchev–Trinajstić information content (AvgIpc) is 3.22. The van der Waals surface area contributed by atoms with Crippen molar-refractivity contribution >= 4 is 17.9 Å². The minimum absolute atomic E-state index is 0.322. The molecule has 6 heteroatoms. The molecular weight excluding hydrogens is 745 g/mol. The average molecular weight is 841 g/mol. The first-order valence-electron chi connectivity index (χ1n) is 24.9. The number of hydrogen-bond acceptors (Lipinski definition) is 3. The quantitative estimate of drug-likeness (QED) is 0.0321. The molecule has 0 rings (SSSR count). The third-order valence-corrected chi connectivity index (χ3v) is 10.1. The van der Waals surface area contributed by atoms with E-state index in [0.29, 0.717) is 19.3 Å². The lowest BCUT2D eigenvalue weighted by Gasteiger charge is -1.99. The predicted octanol–water partition coefficient (Wildman–Crippen LogP) is 17.7. The monoisotopic (exact) mass is 841 g/mol. The zero-order valence-corrected chi connectivity index (χ0v) is 39.5. The van der Waals surface area contributed by atoms with Crippen molar-refractivity contribution in [2.45, 2.75) is 252 Å². The summed E-state index contributed by atoms with van der Waals surface area (Å²) < 4.78 is 0. The zero-order chi connectivity index (χ0) is 44.7. The van der Waals surface area contributed by atoms with Crippen LogP contribution in [0.1, 0.15) is 252 Å². The highest BCUT2D eigenvalue weighted by Crippen LogP contribution is 2.11. The molecule has 0 aliphatic carbocycles. The SMILES string of the molecule is CCCCC/C=C\C/C=C\CCCCCCCC(=O)O.CCCCC/C=C\C=C\CCCCCCCCC(=O)O.CCCCCC/C=C/C=C\CCCCCCCC(=O)O. The molecule has 0 amide bonds. The second kappa shape index (κ2) is 57.9. The highest BCUT2D eigenvalue weighted by molar-refractivity contribution is 5.67. The number of carbonyl (C=O) groups is 3. The molecule has 348 valence electrons. The van der Waals surface area contributed by atoms with E-state index in [1.165, 1.54) is 141 Å². The molecule has 0 aromatic carbocycles. The largest absolute Gasteiger partial charge is 0.481 e. The minimum atomic E-state index is -0.672. The van der Waals surface area contributed by atoms with Crippen LogP contribution in [0.25, 0.3) is 0 Å². The number of unbranched alkanes of at least 4 members (excludes halogenated alkanes) is 26. The van der Waals surface area contributed by atoms with Gasteiger partial charge in [0.2, 0.25) is 0 Å². The minimum Gasteiger partial charge on any atom is -0.481 e. The summed E-state index contributed by atoms with van der Waals surface area (Å²) in [7, 11) is 0. The van der Waals surface area contributed by atoms with Crippen molar-refractivity contribution in [3.63, 3.8) is 0 Å². The van der Waals surface area contributed by atoms with Crippen LogP contribution in [0.4, 0.5) is 0 Å². The van der Waals surface area contributed by atoms with E-state index in [9.17, 15) is 14.4 Å². The van der Waals surface area contributed by atoms with E-state index >= 15 is 0 Å². The fourth-order valence-corrected chi connectivity index (χ4v) is 6.30. The van der Waals surface area contributed by atoms with Crippen molar-refractivity contribution < 1.29 is 29.7 Å². The van der Waals surface area contributed by atoms with E-state index in [0.717, 1.165) is 70.6 Å². The van der Waals surface area contributed by atoms with Crippen molar-refractivity contribution in [3.8, 4) is 0 Å².